The fourth-order valence-corrected chi connectivity index (χ4v) is 4.59. The zero-order chi connectivity index (χ0) is 22.4. The first-order chi connectivity index (χ1) is 14.8. The van der Waals surface area contributed by atoms with Crippen molar-refractivity contribution in [2.24, 2.45) is 0 Å². The maximum atomic E-state index is 12.9. The van der Waals surface area contributed by atoms with Gasteiger partial charge in [-0.3, -0.25) is 4.79 Å². The molecule has 0 unspecified atom stereocenters. The molecule has 7 nitrogen and oxygen atoms in total. The number of ether oxygens (including phenoxy) is 2. The number of carbonyl (C=O) groups is 1. The predicted octanol–water partition coefficient (Wildman–Crippen LogP) is 3.64. The third-order valence-electron chi connectivity index (χ3n) is 5.16. The molecule has 31 heavy (non-hydrogen) atoms. The summed E-state index contributed by atoms with van der Waals surface area (Å²) in [6.07, 6.45) is 2.98. The second kappa shape index (κ2) is 10.3. The van der Waals surface area contributed by atoms with Crippen LogP contribution in [-0.4, -0.2) is 52.6 Å². The number of nitrogens with zero attached hydrogens (tertiary/aromatic N) is 1. The molecule has 1 N–H and O–H groups in total. The Morgan fingerprint density at radius 1 is 1.13 bits per heavy atom. The highest BCUT2D eigenvalue weighted by atomic mass is 35.5. The highest BCUT2D eigenvalue weighted by Gasteiger charge is 2.24. The second-order valence-corrected chi connectivity index (χ2v) is 9.55. The zero-order valence-corrected chi connectivity index (χ0v) is 19.3. The van der Waals surface area contributed by atoms with E-state index in [1.54, 1.807) is 17.0 Å². The Balaban J connectivity index is 1.67. The lowest BCUT2D eigenvalue weighted by Gasteiger charge is -2.27. The number of amides is 1. The monoisotopic (exact) mass is 466 g/mol. The van der Waals surface area contributed by atoms with Crippen LogP contribution in [0.2, 0.25) is 5.02 Å². The summed E-state index contributed by atoms with van der Waals surface area (Å²) in [6, 6.07) is 9.61. The number of carbonyl (C=O) groups excluding carboxylic acids is 1. The SMILES string of the molecule is COc1ccc(S(=O)(=O)NCCOc2ccc(C)c(Cl)c2)cc1C(=O)N1CCCCC1. The summed E-state index contributed by atoms with van der Waals surface area (Å²) in [6.45, 7) is 3.41. The van der Waals surface area contributed by atoms with Crippen molar-refractivity contribution in [1.29, 1.82) is 0 Å². The second-order valence-electron chi connectivity index (χ2n) is 7.37. The van der Waals surface area contributed by atoms with Gasteiger partial charge in [0.2, 0.25) is 10.0 Å². The molecule has 0 radical (unpaired) electrons. The summed E-state index contributed by atoms with van der Waals surface area (Å²) in [4.78, 5) is 14.7. The Kier molecular flexibility index (Phi) is 7.80. The minimum absolute atomic E-state index is 0.00652. The number of aryl methyl sites for hydroxylation is 1. The molecule has 2 aromatic rings. The first-order valence-corrected chi connectivity index (χ1v) is 12.0. The summed E-state index contributed by atoms with van der Waals surface area (Å²) in [5, 5.41) is 0.585. The molecule has 9 heteroatoms. The molecule has 1 fully saturated rings. The molecule has 2 aromatic carbocycles. The molecule has 1 saturated heterocycles. The molecule has 0 spiro atoms. The number of hydrogen-bond donors (Lipinski definition) is 1. The standard InChI is InChI=1S/C22H27ClN2O5S/c1-16-6-7-17(14-20(16)23)30-13-10-24-31(27,28)18-8-9-21(29-2)19(15-18)22(26)25-11-4-3-5-12-25/h6-9,14-15,24H,3-5,10-13H2,1-2H3. The Labute approximate surface area is 188 Å². The first kappa shape index (κ1) is 23.4. The number of piperidine rings is 1. The third kappa shape index (κ3) is 5.90. The molecule has 1 aliphatic heterocycles. The molecule has 0 aromatic heterocycles. The van der Waals surface area contributed by atoms with Gasteiger partial charge in [0.25, 0.3) is 5.91 Å². The summed E-state index contributed by atoms with van der Waals surface area (Å²) < 4.78 is 38.8. The largest absolute Gasteiger partial charge is 0.496 e. The lowest BCUT2D eigenvalue weighted by atomic mass is 10.1. The van der Waals surface area contributed by atoms with Crippen LogP contribution in [-0.2, 0) is 10.0 Å². The molecule has 0 saturated carbocycles. The van der Waals surface area contributed by atoms with Gasteiger partial charge in [-0.1, -0.05) is 17.7 Å². The number of nitrogens with one attached hydrogen (secondary N) is 1. The van der Waals surface area contributed by atoms with Crippen LogP contribution in [0.25, 0.3) is 0 Å². The smallest absolute Gasteiger partial charge is 0.257 e. The van der Waals surface area contributed by atoms with E-state index < -0.39 is 10.0 Å². The van der Waals surface area contributed by atoms with Crippen LogP contribution >= 0.6 is 11.6 Å². The van der Waals surface area contributed by atoms with Gasteiger partial charge >= 0.3 is 0 Å². The van der Waals surface area contributed by atoms with Crippen molar-refractivity contribution in [3.05, 3.63) is 52.5 Å². The summed E-state index contributed by atoms with van der Waals surface area (Å²) in [5.74, 6) is 0.705. The van der Waals surface area contributed by atoms with E-state index in [2.05, 4.69) is 4.72 Å². The van der Waals surface area contributed by atoms with E-state index in [-0.39, 0.29) is 29.5 Å². The van der Waals surface area contributed by atoms with Crippen LogP contribution < -0.4 is 14.2 Å². The van der Waals surface area contributed by atoms with Crippen molar-refractivity contribution in [3.8, 4) is 11.5 Å². The van der Waals surface area contributed by atoms with E-state index in [0.29, 0.717) is 29.6 Å². The predicted molar refractivity (Wildman–Crippen MR) is 120 cm³/mol. The lowest BCUT2D eigenvalue weighted by molar-refractivity contribution is 0.0720. The minimum Gasteiger partial charge on any atom is -0.496 e. The van der Waals surface area contributed by atoms with Gasteiger partial charge in [0, 0.05) is 24.7 Å². The third-order valence-corrected chi connectivity index (χ3v) is 7.03. The van der Waals surface area contributed by atoms with Crippen LogP contribution in [0.3, 0.4) is 0 Å². The minimum atomic E-state index is -3.82. The summed E-state index contributed by atoms with van der Waals surface area (Å²) in [5.41, 5.74) is 1.18. The van der Waals surface area contributed by atoms with E-state index in [0.717, 1.165) is 24.8 Å². The van der Waals surface area contributed by atoms with Gasteiger partial charge in [-0.15, -0.1) is 0 Å². The maximum Gasteiger partial charge on any atom is 0.257 e. The van der Waals surface area contributed by atoms with E-state index >= 15 is 0 Å². The van der Waals surface area contributed by atoms with E-state index in [9.17, 15) is 13.2 Å². The fourth-order valence-electron chi connectivity index (χ4n) is 3.38. The number of hydrogen-bond acceptors (Lipinski definition) is 5. The molecule has 1 heterocycles. The normalized spacial score (nSPS) is 14.4. The van der Waals surface area contributed by atoms with E-state index in [1.807, 2.05) is 13.0 Å². The Bertz CT molecular complexity index is 1040. The van der Waals surface area contributed by atoms with E-state index in [1.165, 1.54) is 25.3 Å². The van der Waals surface area contributed by atoms with Crippen LogP contribution in [0.4, 0.5) is 0 Å². The van der Waals surface area contributed by atoms with Crippen LogP contribution in [0.1, 0.15) is 35.2 Å². The Morgan fingerprint density at radius 2 is 1.87 bits per heavy atom. The first-order valence-electron chi connectivity index (χ1n) is 10.2. The van der Waals surface area contributed by atoms with Crippen molar-refractivity contribution in [2.75, 3.05) is 33.4 Å². The lowest BCUT2D eigenvalue weighted by Crippen LogP contribution is -2.36. The summed E-state index contributed by atoms with van der Waals surface area (Å²) in [7, 11) is -2.36. The Morgan fingerprint density at radius 3 is 2.55 bits per heavy atom. The van der Waals surface area contributed by atoms with Crippen molar-refractivity contribution >= 4 is 27.5 Å². The van der Waals surface area contributed by atoms with E-state index in [4.69, 9.17) is 21.1 Å². The number of halogens is 1. The topological polar surface area (TPSA) is 84.9 Å². The van der Waals surface area contributed by atoms with Gasteiger partial charge in [-0.25, -0.2) is 13.1 Å². The molecule has 0 aliphatic carbocycles. The average Bonchev–Trinajstić information content (AvgIpc) is 2.78. The Hall–Kier alpha value is -2.29. The molecule has 0 bridgehead atoms. The number of sulfonamides is 1. The van der Waals surface area contributed by atoms with Gasteiger partial charge in [-0.05, 0) is 62.1 Å². The van der Waals surface area contributed by atoms with Gasteiger partial charge in [0.1, 0.15) is 18.1 Å². The van der Waals surface area contributed by atoms with Gasteiger partial charge in [0.05, 0.1) is 17.6 Å². The molecule has 0 atom stereocenters. The van der Waals surface area contributed by atoms with Crippen LogP contribution in [0, 0.1) is 6.92 Å². The van der Waals surface area contributed by atoms with Gasteiger partial charge < -0.3 is 14.4 Å². The van der Waals surface area contributed by atoms with Crippen LogP contribution in [0.15, 0.2) is 41.3 Å². The number of rotatable bonds is 8. The quantitative estimate of drug-likeness (QED) is 0.600. The van der Waals surface area contributed by atoms with Crippen molar-refractivity contribution in [2.45, 2.75) is 31.1 Å². The molecular weight excluding hydrogens is 440 g/mol. The van der Waals surface area contributed by atoms with Crippen molar-refractivity contribution in [1.82, 2.24) is 9.62 Å². The van der Waals surface area contributed by atoms with Crippen molar-refractivity contribution < 1.29 is 22.7 Å². The molecule has 1 amide bonds. The molecule has 1 aliphatic rings. The number of likely N-dealkylation sites (tertiary alicyclic amines) is 1. The van der Waals surface area contributed by atoms with Gasteiger partial charge in [0.15, 0.2) is 0 Å². The molecule has 3 rings (SSSR count). The maximum absolute atomic E-state index is 12.9. The molecular formula is C22H27ClN2O5S. The number of methoxy groups -OCH3 is 1. The van der Waals surface area contributed by atoms with Crippen molar-refractivity contribution in [3.63, 3.8) is 0 Å². The van der Waals surface area contributed by atoms with Gasteiger partial charge in [-0.2, -0.15) is 0 Å². The highest BCUT2D eigenvalue weighted by molar-refractivity contribution is 7.89. The number of benzene rings is 2. The summed E-state index contributed by atoms with van der Waals surface area (Å²) >= 11 is 6.07. The molecule has 168 valence electrons. The van der Waals surface area contributed by atoms with Crippen LogP contribution in [0.5, 0.6) is 11.5 Å². The average molecular weight is 467 g/mol. The zero-order valence-electron chi connectivity index (χ0n) is 17.7. The highest BCUT2D eigenvalue weighted by Crippen LogP contribution is 2.25. The fraction of sp³-hybridized carbons (Fsp3) is 0.409.